The molecular weight excluding hydrogens is 296 g/mol. The highest BCUT2D eigenvalue weighted by Crippen LogP contribution is 2.36. The molecule has 0 radical (unpaired) electrons. The van der Waals surface area contributed by atoms with Crippen molar-refractivity contribution in [3.63, 3.8) is 0 Å². The Labute approximate surface area is 132 Å². The van der Waals surface area contributed by atoms with Gasteiger partial charge in [0.05, 0.1) is 19.7 Å². The highest BCUT2D eigenvalue weighted by atomic mass is 16.5. The molecule has 0 amide bonds. The first-order valence-corrected chi connectivity index (χ1v) is 6.93. The Hall–Kier alpha value is -3.15. The summed E-state index contributed by atoms with van der Waals surface area (Å²) in [7, 11) is 3.09. The minimum Gasteiger partial charge on any atom is -0.493 e. The minimum absolute atomic E-state index is 0.268. The van der Waals surface area contributed by atoms with Crippen LogP contribution in [0.1, 0.15) is 0 Å². The smallest absolute Gasteiger partial charge is 0.252 e. The van der Waals surface area contributed by atoms with Crippen molar-refractivity contribution in [1.29, 1.82) is 0 Å². The molecule has 1 heterocycles. The van der Waals surface area contributed by atoms with E-state index in [0.717, 1.165) is 0 Å². The van der Waals surface area contributed by atoms with Crippen molar-refractivity contribution in [2.75, 3.05) is 20.0 Å². The van der Waals surface area contributed by atoms with Gasteiger partial charge in [-0.3, -0.25) is 4.79 Å². The van der Waals surface area contributed by atoms with Crippen molar-refractivity contribution in [2.24, 2.45) is 0 Å². The van der Waals surface area contributed by atoms with Gasteiger partial charge in [-0.1, -0.05) is 0 Å². The molecule has 1 aromatic heterocycles. The summed E-state index contributed by atoms with van der Waals surface area (Å²) in [5.74, 6) is 2.09. The van der Waals surface area contributed by atoms with Crippen LogP contribution in [-0.2, 0) is 0 Å². The second-order valence-electron chi connectivity index (χ2n) is 4.92. The molecule has 0 fully saturated rings. The fourth-order valence-corrected chi connectivity index (χ4v) is 2.30. The van der Waals surface area contributed by atoms with Gasteiger partial charge in [-0.2, -0.15) is 0 Å². The number of hydrogen-bond donors (Lipinski definition) is 2. The molecule has 3 aromatic rings. The van der Waals surface area contributed by atoms with E-state index in [2.05, 4.69) is 4.98 Å². The van der Waals surface area contributed by atoms with Crippen molar-refractivity contribution in [3.05, 3.63) is 52.8 Å². The lowest BCUT2D eigenvalue weighted by atomic mass is 10.1. The van der Waals surface area contributed by atoms with E-state index in [1.807, 2.05) is 0 Å². The predicted octanol–water partition coefficient (Wildman–Crippen LogP) is 2.92. The second kappa shape index (κ2) is 5.92. The van der Waals surface area contributed by atoms with Crippen molar-refractivity contribution in [2.45, 2.75) is 0 Å². The number of benzene rings is 2. The molecule has 23 heavy (non-hydrogen) atoms. The third-order valence-electron chi connectivity index (χ3n) is 3.42. The Morgan fingerprint density at radius 1 is 0.913 bits per heavy atom. The molecule has 6 nitrogen and oxygen atoms in total. The number of nitrogens with two attached hydrogens (primary N) is 1. The first kappa shape index (κ1) is 14.8. The van der Waals surface area contributed by atoms with Crippen molar-refractivity contribution < 1.29 is 14.2 Å². The van der Waals surface area contributed by atoms with Gasteiger partial charge in [0.25, 0.3) is 5.56 Å². The Morgan fingerprint density at radius 2 is 1.57 bits per heavy atom. The summed E-state index contributed by atoms with van der Waals surface area (Å²) in [5.41, 5.74) is 6.63. The average molecular weight is 312 g/mol. The molecule has 0 saturated carbocycles. The monoisotopic (exact) mass is 312 g/mol. The van der Waals surface area contributed by atoms with E-state index in [9.17, 15) is 4.79 Å². The van der Waals surface area contributed by atoms with Gasteiger partial charge in [0.15, 0.2) is 11.5 Å². The number of H-pyrrole nitrogens is 1. The van der Waals surface area contributed by atoms with E-state index in [0.29, 0.717) is 39.6 Å². The Morgan fingerprint density at radius 3 is 2.22 bits per heavy atom. The molecule has 3 N–H and O–H groups in total. The van der Waals surface area contributed by atoms with Gasteiger partial charge in [-0.25, -0.2) is 0 Å². The lowest BCUT2D eigenvalue weighted by Gasteiger charge is -2.12. The third-order valence-corrected chi connectivity index (χ3v) is 3.42. The number of ether oxygens (including phenoxy) is 3. The zero-order valence-corrected chi connectivity index (χ0v) is 12.8. The van der Waals surface area contributed by atoms with E-state index in [4.69, 9.17) is 19.9 Å². The fourth-order valence-electron chi connectivity index (χ4n) is 2.30. The third kappa shape index (κ3) is 2.91. The zero-order valence-electron chi connectivity index (χ0n) is 12.8. The van der Waals surface area contributed by atoms with Gasteiger partial charge in [0.1, 0.15) is 11.5 Å². The number of fused-ring (bicyclic) bond motifs is 1. The van der Waals surface area contributed by atoms with Gasteiger partial charge in [-0.05, 0) is 30.3 Å². The molecule has 6 heteroatoms. The maximum absolute atomic E-state index is 11.9. The van der Waals surface area contributed by atoms with Crippen LogP contribution in [0.25, 0.3) is 10.9 Å². The number of hydrogen-bond acceptors (Lipinski definition) is 5. The van der Waals surface area contributed by atoms with Crippen LogP contribution in [0.3, 0.4) is 0 Å². The van der Waals surface area contributed by atoms with Crippen molar-refractivity contribution in [1.82, 2.24) is 4.98 Å². The second-order valence-corrected chi connectivity index (χ2v) is 4.92. The summed E-state index contributed by atoms with van der Waals surface area (Å²) in [6, 6.07) is 11.8. The molecule has 0 saturated heterocycles. The Kier molecular flexibility index (Phi) is 3.80. The molecule has 0 atom stereocenters. The zero-order chi connectivity index (χ0) is 16.4. The molecule has 0 aliphatic rings. The summed E-state index contributed by atoms with van der Waals surface area (Å²) in [5, 5.41) is 0.707. The molecule has 0 bridgehead atoms. The van der Waals surface area contributed by atoms with Crippen LogP contribution in [0.5, 0.6) is 23.0 Å². The van der Waals surface area contributed by atoms with Crippen LogP contribution in [0.4, 0.5) is 5.69 Å². The van der Waals surface area contributed by atoms with E-state index in [1.165, 1.54) is 13.2 Å². The molecule has 2 aromatic carbocycles. The van der Waals surface area contributed by atoms with Crippen LogP contribution >= 0.6 is 0 Å². The lowest BCUT2D eigenvalue weighted by Crippen LogP contribution is -2.05. The van der Waals surface area contributed by atoms with Crippen molar-refractivity contribution >= 4 is 16.6 Å². The van der Waals surface area contributed by atoms with Crippen LogP contribution in [0.2, 0.25) is 0 Å². The number of anilines is 1. The summed E-state index contributed by atoms with van der Waals surface area (Å²) in [4.78, 5) is 14.6. The summed E-state index contributed by atoms with van der Waals surface area (Å²) >= 11 is 0. The molecule has 0 aliphatic heterocycles. The average Bonchev–Trinajstić information content (AvgIpc) is 2.55. The van der Waals surface area contributed by atoms with E-state index < -0.39 is 0 Å². The topological polar surface area (TPSA) is 86.6 Å². The quantitative estimate of drug-likeness (QED) is 0.723. The van der Waals surface area contributed by atoms with Crippen LogP contribution < -0.4 is 25.5 Å². The molecule has 118 valence electrons. The standard InChI is InChI=1S/C17H16N2O4/c1-21-15-7-12-13(8-16(15)22-2)19-17(20)9-14(12)23-11-5-3-10(18)4-6-11/h3-9H,18H2,1-2H3,(H,19,20). The van der Waals surface area contributed by atoms with Crippen molar-refractivity contribution in [3.8, 4) is 23.0 Å². The SMILES string of the molecule is COc1cc2[nH]c(=O)cc(Oc3ccc(N)cc3)c2cc1OC. The fraction of sp³-hybridized carbons (Fsp3) is 0.118. The van der Waals surface area contributed by atoms with Gasteiger partial charge < -0.3 is 24.9 Å². The molecule has 0 aliphatic carbocycles. The van der Waals surface area contributed by atoms with Gasteiger partial charge in [-0.15, -0.1) is 0 Å². The molecule has 3 rings (SSSR count). The highest BCUT2D eigenvalue weighted by Gasteiger charge is 2.12. The predicted molar refractivity (Wildman–Crippen MR) is 88.6 cm³/mol. The lowest BCUT2D eigenvalue weighted by molar-refractivity contribution is 0.355. The largest absolute Gasteiger partial charge is 0.493 e. The first-order valence-electron chi connectivity index (χ1n) is 6.93. The minimum atomic E-state index is -0.268. The van der Waals surface area contributed by atoms with Crippen LogP contribution in [0, 0.1) is 0 Å². The first-order chi connectivity index (χ1) is 11.1. The van der Waals surface area contributed by atoms with Crippen LogP contribution in [0.15, 0.2) is 47.3 Å². The normalized spacial score (nSPS) is 10.5. The Balaban J connectivity index is 2.15. The van der Waals surface area contributed by atoms with Gasteiger partial charge in [0, 0.05) is 23.2 Å². The molecular formula is C17H16N2O4. The van der Waals surface area contributed by atoms with E-state index >= 15 is 0 Å². The number of methoxy groups -OCH3 is 2. The van der Waals surface area contributed by atoms with Crippen LogP contribution in [-0.4, -0.2) is 19.2 Å². The summed E-state index contributed by atoms with van der Waals surface area (Å²) in [6.07, 6.45) is 0. The molecule has 0 unspecified atom stereocenters. The highest BCUT2D eigenvalue weighted by molar-refractivity contribution is 5.88. The van der Waals surface area contributed by atoms with Gasteiger partial charge >= 0.3 is 0 Å². The molecule has 0 spiro atoms. The number of rotatable bonds is 4. The Bertz CT molecular complexity index is 901. The van der Waals surface area contributed by atoms with Gasteiger partial charge in [0.2, 0.25) is 0 Å². The number of nitrogens with one attached hydrogen (secondary N) is 1. The number of aromatic nitrogens is 1. The number of nitrogen functional groups attached to an aromatic ring is 1. The van der Waals surface area contributed by atoms with E-state index in [-0.39, 0.29) is 5.56 Å². The maximum Gasteiger partial charge on any atom is 0.252 e. The maximum atomic E-state index is 11.9. The number of aromatic amines is 1. The number of pyridine rings is 1. The van der Waals surface area contributed by atoms with E-state index in [1.54, 1.807) is 43.5 Å². The summed E-state index contributed by atoms with van der Waals surface area (Å²) in [6.45, 7) is 0. The summed E-state index contributed by atoms with van der Waals surface area (Å²) < 4.78 is 16.4.